The number of nitrogens with zero attached hydrogens (tertiary/aromatic N) is 1. The summed E-state index contributed by atoms with van der Waals surface area (Å²) in [7, 11) is 0. The number of aryl methyl sites for hydroxylation is 1. The molecule has 0 radical (unpaired) electrons. The van der Waals surface area contributed by atoms with E-state index >= 15 is 0 Å². The molecule has 78 valence electrons. The van der Waals surface area contributed by atoms with Crippen molar-refractivity contribution in [2.75, 3.05) is 0 Å². The minimum Gasteiger partial charge on any atom is -0.371 e. The van der Waals surface area contributed by atoms with E-state index in [0.717, 1.165) is 0 Å². The highest BCUT2D eigenvalue weighted by atomic mass is 32.1. The zero-order valence-electron chi connectivity index (χ0n) is 7.93. The first-order chi connectivity index (χ1) is 7.24. The monoisotopic (exact) mass is 223 g/mol. The zero-order chi connectivity index (χ0) is 10.8. The van der Waals surface area contributed by atoms with Crippen LogP contribution in [0.1, 0.15) is 6.42 Å². The Morgan fingerprint density at radius 3 is 3.07 bits per heavy atom. The fourth-order valence-electron chi connectivity index (χ4n) is 1.38. The third kappa shape index (κ3) is 1.66. The number of hydrogen-bond donors (Lipinski definition) is 0. The van der Waals surface area contributed by atoms with E-state index in [9.17, 15) is 9.59 Å². The van der Waals surface area contributed by atoms with Crippen LogP contribution in [0.4, 0.5) is 0 Å². The fraction of sp³-hybridized carbons (Fsp3) is 0.200. The van der Waals surface area contributed by atoms with Gasteiger partial charge in [0.2, 0.25) is 0 Å². The summed E-state index contributed by atoms with van der Waals surface area (Å²) in [6.45, 7) is 4.07. The van der Waals surface area contributed by atoms with E-state index in [0.29, 0.717) is 23.2 Å². The molecule has 2 aromatic rings. The van der Waals surface area contributed by atoms with Gasteiger partial charge < -0.3 is 4.42 Å². The smallest absolute Gasteiger partial charge is 0.371 e. The molecule has 2 aromatic heterocycles. The highest BCUT2D eigenvalue weighted by Gasteiger charge is 2.09. The first-order valence-corrected chi connectivity index (χ1v) is 5.34. The molecule has 2 rings (SSSR count). The van der Waals surface area contributed by atoms with E-state index in [2.05, 4.69) is 11.0 Å². The lowest BCUT2D eigenvalue weighted by molar-refractivity contribution is 0.418. The molecule has 0 aliphatic rings. The zero-order valence-corrected chi connectivity index (χ0v) is 8.75. The van der Waals surface area contributed by atoms with Gasteiger partial charge in [0.15, 0.2) is 0 Å². The molecule has 0 N–H and O–H groups in total. The van der Waals surface area contributed by atoms with Crippen molar-refractivity contribution in [2.24, 2.45) is 0 Å². The van der Waals surface area contributed by atoms with E-state index in [1.165, 1.54) is 15.9 Å². The van der Waals surface area contributed by atoms with Crippen molar-refractivity contribution in [3.63, 3.8) is 0 Å². The predicted molar refractivity (Wildman–Crippen MR) is 59.4 cm³/mol. The lowest BCUT2D eigenvalue weighted by Gasteiger charge is -2.02. The van der Waals surface area contributed by atoms with Crippen LogP contribution in [0.15, 0.2) is 38.1 Å². The van der Waals surface area contributed by atoms with Crippen LogP contribution in [0.2, 0.25) is 0 Å². The lowest BCUT2D eigenvalue weighted by atomic mass is 10.4. The minimum atomic E-state index is -0.604. The molecular formula is C10H9NO3S. The van der Waals surface area contributed by atoms with E-state index in [-0.39, 0.29) is 0 Å². The van der Waals surface area contributed by atoms with Gasteiger partial charge in [-0.25, -0.2) is 9.59 Å². The maximum absolute atomic E-state index is 11.4. The van der Waals surface area contributed by atoms with E-state index in [1.807, 2.05) is 0 Å². The molecule has 5 heteroatoms. The number of rotatable bonds is 3. The molecule has 2 heterocycles. The number of fused-ring (bicyclic) bond motifs is 1. The van der Waals surface area contributed by atoms with Crippen molar-refractivity contribution in [3.8, 4) is 0 Å². The third-order valence-corrected chi connectivity index (χ3v) is 2.96. The Labute approximate surface area is 89.1 Å². The Hall–Kier alpha value is -1.62. The van der Waals surface area contributed by atoms with Crippen molar-refractivity contribution in [1.82, 2.24) is 4.57 Å². The summed E-state index contributed by atoms with van der Waals surface area (Å²) in [4.78, 5) is 22.7. The minimum absolute atomic E-state index is 0.485. The fourth-order valence-corrected chi connectivity index (χ4v) is 2.15. The van der Waals surface area contributed by atoms with Crippen LogP contribution in [-0.2, 0) is 6.54 Å². The van der Waals surface area contributed by atoms with Crippen molar-refractivity contribution in [2.45, 2.75) is 13.0 Å². The van der Waals surface area contributed by atoms with Crippen LogP contribution >= 0.6 is 11.3 Å². The van der Waals surface area contributed by atoms with Gasteiger partial charge in [0.1, 0.15) is 4.70 Å². The molecule has 15 heavy (non-hydrogen) atoms. The SMILES string of the molecule is C=CCCn1c(=O)oc(=O)c2sccc21. The molecule has 0 saturated heterocycles. The number of hydrogen-bond acceptors (Lipinski definition) is 4. The highest BCUT2D eigenvalue weighted by Crippen LogP contribution is 2.15. The average molecular weight is 223 g/mol. The Kier molecular flexibility index (Phi) is 2.55. The first kappa shape index (κ1) is 9.92. The van der Waals surface area contributed by atoms with Crippen LogP contribution in [0.3, 0.4) is 0 Å². The molecule has 0 unspecified atom stereocenters. The topological polar surface area (TPSA) is 52.2 Å². The average Bonchev–Trinajstić information content (AvgIpc) is 2.66. The van der Waals surface area contributed by atoms with Gasteiger partial charge in [0, 0.05) is 6.54 Å². The molecule has 0 aliphatic heterocycles. The van der Waals surface area contributed by atoms with E-state index in [4.69, 9.17) is 0 Å². The van der Waals surface area contributed by atoms with E-state index < -0.39 is 11.4 Å². The Bertz CT molecular complexity index is 605. The standard InChI is InChI=1S/C10H9NO3S/c1-2-3-5-11-7-4-6-15-8(7)9(12)14-10(11)13/h2,4,6H,1,3,5H2. The molecule has 0 aromatic carbocycles. The lowest BCUT2D eigenvalue weighted by Crippen LogP contribution is -2.24. The summed E-state index contributed by atoms with van der Waals surface area (Å²) in [6, 6.07) is 1.75. The van der Waals surface area contributed by atoms with Gasteiger partial charge in [-0.1, -0.05) is 6.08 Å². The number of allylic oxidation sites excluding steroid dienone is 1. The normalized spacial score (nSPS) is 10.7. The van der Waals surface area contributed by atoms with Crippen molar-refractivity contribution in [3.05, 3.63) is 45.1 Å². The maximum atomic E-state index is 11.4. The highest BCUT2D eigenvalue weighted by molar-refractivity contribution is 7.17. The first-order valence-electron chi connectivity index (χ1n) is 4.46. The number of thiophene rings is 1. The van der Waals surface area contributed by atoms with Crippen molar-refractivity contribution in [1.29, 1.82) is 0 Å². The Balaban J connectivity index is 2.71. The van der Waals surface area contributed by atoms with Crippen LogP contribution < -0.4 is 11.4 Å². The largest absolute Gasteiger partial charge is 0.422 e. The molecule has 0 bridgehead atoms. The van der Waals surface area contributed by atoms with Crippen molar-refractivity contribution < 1.29 is 4.42 Å². The quantitative estimate of drug-likeness (QED) is 0.742. The molecule has 0 fully saturated rings. The summed E-state index contributed by atoms with van der Waals surface area (Å²) in [5.41, 5.74) is 0.0861. The maximum Gasteiger partial charge on any atom is 0.422 e. The summed E-state index contributed by atoms with van der Waals surface area (Å²) in [5, 5.41) is 1.77. The molecule has 0 atom stereocenters. The van der Waals surface area contributed by atoms with E-state index in [1.54, 1.807) is 17.5 Å². The summed E-state index contributed by atoms with van der Waals surface area (Å²) >= 11 is 1.28. The molecular weight excluding hydrogens is 214 g/mol. The second-order valence-corrected chi connectivity index (χ2v) is 3.94. The van der Waals surface area contributed by atoms with Crippen LogP contribution in [0.5, 0.6) is 0 Å². The van der Waals surface area contributed by atoms with Gasteiger partial charge in [-0.05, 0) is 17.9 Å². The number of aromatic nitrogens is 1. The Morgan fingerprint density at radius 2 is 2.33 bits per heavy atom. The van der Waals surface area contributed by atoms with Gasteiger partial charge >= 0.3 is 11.4 Å². The van der Waals surface area contributed by atoms with Gasteiger partial charge in [0.25, 0.3) is 0 Å². The molecule has 4 nitrogen and oxygen atoms in total. The van der Waals surface area contributed by atoms with Crippen LogP contribution in [0.25, 0.3) is 10.2 Å². The molecule has 0 aliphatic carbocycles. The second-order valence-electron chi connectivity index (χ2n) is 3.02. The van der Waals surface area contributed by atoms with Crippen LogP contribution in [0, 0.1) is 0 Å². The van der Waals surface area contributed by atoms with Crippen LogP contribution in [-0.4, -0.2) is 4.57 Å². The summed E-state index contributed by atoms with van der Waals surface area (Å²) < 4.78 is 6.54. The molecule has 0 spiro atoms. The van der Waals surface area contributed by atoms with Crippen molar-refractivity contribution >= 4 is 21.6 Å². The molecule has 0 amide bonds. The second kappa shape index (κ2) is 3.86. The summed E-state index contributed by atoms with van der Waals surface area (Å²) in [6.07, 6.45) is 2.38. The predicted octanol–water partition coefficient (Wildman–Crippen LogP) is 1.59. The third-order valence-electron chi connectivity index (χ3n) is 2.08. The Morgan fingerprint density at radius 1 is 1.53 bits per heavy atom. The molecule has 0 saturated carbocycles. The van der Waals surface area contributed by atoms with Gasteiger partial charge in [-0.3, -0.25) is 4.57 Å². The van der Waals surface area contributed by atoms with Gasteiger partial charge in [-0.2, -0.15) is 0 Å². The van der Waals surface area contributed by atoms with Gasteiger partial charge in [-0.15, -0.1) is 17.9 Å². The van der Waals surface area contributed by atoms with Gasteiger partial charge in [0.05, 0.1) is 5.52 Å². The summed E-state index contributed by atoms with van der Waals surface area (Å²) in [5.74, 6) is -0.604.